The molecule has 0 aliphatic carbocycles. The highest BCUT2D eigenvalue weighted by molar-refractivity contribution is 5.96. The number of aromatic amines is 1. The number of nitrogens with one attached hydrogen (secondary N) is 4. The highest BCUT2D eigenvalue weighted by Gasteiger charge is 2.22. The predicted molar refractivity (Wildman–Crippen MR) is 145 cm³/mol. The summed E-state index contributed by atoms with van der Waals surface area (Å²) >= 11 is 0. The Balaban J connectivity index is 1.76. The Morgan fingerprint density at radius 3 is 2.68 bits per heavy atom. The molecule has 11 heteroatoms. The number of pyridine rings is 1. The van der Waals surface area contributed by atoms with Gasteiger partial charge in [0.1, 0.15) is 17.6 Å². The number of aromatic nitrogens is 3. The largest absolute Gasteiger partial charge is 0.453 e. The molecule has 0 radical (unpaired) electrons. The van der Waals surface area contributed by atoms with Gasteiger partial charge in [0.25, 0.3) is 5.56 Å². The van der Waals surface area contributed by atoms with E-state index in [4.69, 9.17) is 4.98 Å². The lowest BCUT2D eigenvalue weighted by molar-refractivity contribution is -0.118. The monoisotopic (exact) mass is 522 g/mol. The van der Waals surface area contributed by atoms with Crippen LogP contribution in [0.3, 0.4) is 0 Å². The van der Waals surface area contributed by atoms with E-state index in [0.29, 0.717) is 18.2 Å². The smallest absolute Gasteiger partial charge is 0.407 e. The van der Waals surface area contributed by atoms with Gasteiger partial charge in [0, 0.05) is 13.2 Å². The Morgan fingerprint density at radius 2 is 1.97 bits per heavy atom. The Morgan fingerprint density at radius 1 is 1.18 bits per heavy atom. The maximum atomic E-state index is 13.1. The molecule has 11 nitrogen and oxygen atoms in total. The quantitative estimate of drug-likeness (QED) is 0.285. The zero-order valence-corrected chi connectivity index (χ0v) is 22.0. The van der Waals surface area contributed by atoms with E-state index in [1.807, 2.05) is 12.1 Å². The summed E-state index contributed by atoms with van der Waals surface area (Å²) in [6.07, 6.45) is 5.18. The number of carbonyl (C=O) groups is 3. The molecular formula is C27H34N6O5. The number of anilines is 1. The molecule has 38 heavy (non-hydrogen) atoms. The zero-order chi connectivity index (χ0) is 27.7. The molecule has 2 aromatic heterocycles. The van der Waals surface area contributed by atoms with E-state index < -0.39 is 23.6 Å². The molecule has 4 N–H and O–H groups in total. The molecule has 1 atom stereocenters. The summed E-state index contributed by atoms with van der Waals surface area (Å²) in [6, 6.07) is 8.16. The van der Waals surface area contributed by atoms with Gasteiger partial charge in [-0.25, -0.2) is 9.78 Å². The summed E-state index contributed by atoms with van der Waals surface area (Å²) in [5.74, 6) is 0.237. The minimum atomic E-state index is -0.986. The topological polar surface area (TPSA) is 147 Å². The van der Waals surface area contributed by atoms with Crippen molar-refractivity contribution in [1.29, 1.82) is 0 Å². The summed E-state index contributed by atoms with van der Waals surface area (Å²) in [4.78, 5) is 57.2. The van der Waals surface area contributed by atoms with Crippen LogP contribution in [0.1, 0.15) is 38.1 Å². The van der Waals surface area contributed by atoms with Crippen LogP contribution in [0.2, 0.25) is 0 Å². The third kappa shape index (κ3) is 7.55. The summed E-state index contributed by atoms with van der Waals surface area (Å²) in [5, 5.41) is 7.53. The van der Waals surface area contributed by atoms with Crippen LogP contribution in [0.4, 0.5) is 10.5 Å². The fourth-order valence-electron chi connectivity index (χ4n) is 3.97. The van der Waals surface area contributed by atoms with Crippen LogP contribution in [-0.2, 0) is 27.3 Å². The molecule has 3 aromatic rings. The molecule has 0 saturated heterocycles. The normalized spacial score (nSPS) is 12.0. The fraction of sp³-hybridized carbons (Fsp3) is 0.370. The van der Waals surface area contributed by atoms with Crippen molar-refractivity contribution in [2.24, 2.45) is 5.92 Å². The van der Waals surface area contributed by atoms with Gasteiger partial charge in [-0.1, -0.05) is 32.1 Å². The van der Waals surface area contributed by atoms with Gasteiger partial charge in [-0.05, 0) is 55.0 Å². The Labute approximate surface area is 220 Å². The number of methoxy groups -OCH3 is 1. The predicted octanol–water partition coefficient (Wildman–Crippen LogP) is 2.72. The number of rotatable bonds is 11. The first-order valence-electron chi connectivity index (χ1n) is 12.4. The van der Waals surface area contributed by atoms with E-state index in [-0.39, 0.29) is 24.6 Å². The number of carbonyl (C=O) groups excluding carboxylic acids is 3. The number of ether oxygens (including phenoxy) is 1. The average molecular weight is 523 g/mol. The summed E-state index contributed by atoms with van der Waals surface area (Å²) in [6.45, 7) is 4.49. The number of para-hydroxylation sites is 1. The van der Waals surface area contributed by atoms with Crippen molar-refractivity contribution in [3.63, 3.8) is 0 Å². The van der Waals surface area contributed by atoms with Gasteiger partial charge in [0.05, 0.1) is 24.7 Å². The van der Waals surface area contributed by atoms with Crippen LogP contribution >= 0.6 is 0 Å². The van der Waals surface area contributed by atoms with E-state index in [2.05, 4.69) is 45.6 Å². The molecule has 0 aliphatic heterocycles. The van der Waals surface area contributed by atoms with E-state index in [1.54, 1.807) is 18.3 Å². The second-order valence-electron chi connectivity index (χ2n) is 9.22. The molecule has 0 unspecified atom stereocenters. The molecule has 0 aliphatic rings. The molecule has 3 amide bonds. The summed E-state index contributed by atoms with van der Waals surface area (Å²) in [5.41, 5.74) is 2.57. The minimum Gasteiger partial charge on any atom is -0.453 e. The van der Waals surface area contributed by atoms with Crippen molar-refractivity contribution in [2.75, 3.05) is 19.5 Å². The first kappa shape index (κ1) is 28.2. The van der Waals surface area contributed by atoms with E-state index in [1.165, 1.54) is 30.9 Å². The number of allylic oxidation sites excluding steroid dienone is 1. The van der Waals surface area contributed by atoms with Crippen LogP contribution in [0.25, 0.3) is 11.0 Å². The van der Waals surface area contributed by atoms with Gasteiger partial charge in [-0.2, -0.15) is 0 Å². The van der Waals surface area contributed by atoms with Crippen LogP contribution < -0.4 is 21.5 Å². The van der Waals surface area contributed by atoms with Crippen molar-refractivity contribution in [3.8, 4) is 0 Å². The molecule has 0 spiro atoms. The van der Waals surface area contributed by atoms with Gasteiger partial charge >= 0.3 is 6.09 Å². The number of alkyl carbamates (subject to hydrolysis) is 1. The molecule has 0 fully saturated rings. The molecule has 1 aromatic carbocycles. The van der Waals surface area contributed by atoms with Crippen molar-refractivity contribution in [2.45, 2.75) is 45.7 Å². The zero-order valence-electron chi connectivity index (χ0n) is 22.0. The first-order chi connectivity index (χ1) is 18.2. The van der Waals surface area contributed by atoms with Gasteiger partial charge in [0.15, 0.2) is 0 Å². The maximum Gasteiger partial charge on any atom is 0.407 e. The number of fused-ring (bicyclic) bond motifs is 1. The lowest BCUT2D eigenvalue weighted by atomic mass is 10.0. The lowest BCUT2D eigenvalue weighted by Crippen LogP contribution is -2.44. The van der Waals surface area contributed by atoms with Crippen LogP contribution in [-0.4, -0.2) is 52.6 Å². The third-order valence-electron chi connectivity index (χ3n) is 5.80. The van der Waals surface area contributed by atoms with Gasteiger partial charge < -0.3 is 30.2 Å². The minimum absolute atomic E-state index is 0.0617. The number of imidazole rings is 1. The number of benzene rings is 1. The molecular weight excluding hydrogens is 488 g/mol. The number of likely N-dealkylation sites (N-methyl/N-ethyl adjacent to an activating group) is 1. The number of H-pyrrole nitrogens is 1. The number of nitrogens with zero attached hydrogens (tertiary/aromatic N) is 2. The number of amides is 3. The second-order valence-corrected chi connectivity index (χ2v) is 9.22. The molecule has 0 bridgehead atoms. The van der Waals surface area contributed by atoms with Crippen molar-refractivity contribution >= 4 is 34.6 Å². The molecule has 202 valence electrons. The van der Waals surface area contributed by atoms with Gasteiger partial charge in [0.2, 0.25) is 11.8 Å². The Bertz CT molecular complexity index is 1370. The first-order valence-corrected chi connectivity index (χ1v) is 12.4. The Kier molecular flexibility index (Phi) is 9.80. The Hall–Kier alpha value is -4.41. The highest BCUT2D eigenvalue weighted by Crippen LogP contribution is 2.20. The lowest BCUT2D eigenvalue weighted by Gasteiger charge is -2.17. The highest BCUT2D eigenvalue weighted by atomic mass is 16.5. The van der Waals surface area contributed by atoms with Crippen molar-refractivity contribution in [1.82, 2.24) is 25.2 Å². The SMILES string of the molecule is CNC(=O)/C=C/CC[C@H](NC(=O)OC)C(=O)Nc1cccn(Cc2nc3c(CC(C)C)cccc3[nH]2)c1=O. The van der Waals surface area contributed by atoms with Crippen LogP contribution in [0, 0.1) is 5.92 Å². The molecule has 2 heterocycles. The van der Waals surface area contributed by atoms with E-state index >= 15 is 0 Å². The average Bonchev–Trinajstić information content (AvgIpc) is 3.31. The van der Waals surface area contributed by atoms with Gasteiger partial charge in [-0.15, -0.1) is 0 Å². The number of hydrogen-bond acceptors (Lipinski definition) is 6. The fourth-order valence-corrected chi connectivity index (χ4v) is 3.97. The van der Waals surface area contributed by atoms with Gasteiger partial charge in [-0.3, -0.25) is 14.4 Å². The summed E-state index contributed by atoms with van der Waals surface area (Å²) in [7, 11) is 2.70. The van der Waals surface area contributed by atoms with Crippen molar-refractivity contribution in [3.05, 3.63) is 70.4 Å². The number of hydrogen-bond donors (Lipinski definition) is 4. The van der Waals surface area contributed by atoms with E-state index in [9.17, 15) is 19.2 Å². The van der Waals surface area contributed by atoms with Crippen molar-refractivity contribution < 1.29 is 19.1 Å². The van der Waals surface area contributed by atoms with Crippen LogP contribution in [0.15, 0.2) is 53.5 Å². The summed E-state index contributed by atoms with van der Waals surface area (Å²) < 4.78 is 6.07. The maximum absolute atomic E-state index is 13.1. The van der Waals surface area contributed by atoms with Crippen LogP contribution in [0.5, 0.6) is 0 Å². The second kappa shape index (κ2) is 13.2. The molecule has 3 rings (SSSR count). The van der Waals surface area contributed by atoms with E-state index in [0.717, 1.165) is 23.0 Å². The molecule has 0 saturated carbocycles. The standard InChI is InChI=1S/C27H34N6O5/c1-17(2)15-18-9-7-11-19-24(18)32-22(29-19)16-33-14-8-12-21(26(33)36)30-25(35)20(31-27(37)38-4)10-5-6-13-23(34)28-3/h6-9,11-14,17,20H,5,10,15-16H2,1-4H3,(H,28,34)(H,29,32)(H,30,35)(H,31,37)/b13-6+/t20-/m0/s1. The third-order valence-corrected chi connectivity index (χ3v) is 5.80.